The van der Waals surface area contributed by atoms with Crippen molar-refractivity contribution in [3.05, 3.63) is 63.6 Å². The van der Waals surface area contributed by atoms with Crippen LogP contribution < -0.4 is 20.9 Å². The number of carbonyl (C=O) groups excluding carboxylic acids is 2. The number of carbonyl (C=O) groups is 2. The van der Waals surface area contributed by atoms with Gasteiger partial charge in [0.25, 0.3) is 5.91 Å². The monoisotopic (exact) mass is 469 g/mol. The van der Waals surface area contributed by atoms with Gasteiger partial charge in [-0.05, 0) is 42.4 Å². The maximum absolute atomic E-state index is 11.9. The molecule has 0 aromatic heterocycles. The van der Waals surface area contributed by atoms with Gasteiger partial charge in [0.2, 0.25) is 5.91 Å². The third-order valence-corrected chi connectivity index (χ3v) is 4.30. The fourth-order valence-electron chi connectivity index (χ4n) is 2.02. The average molecular weight is 471 g/mol. The highest BCUT2D eigenvalue weighted by Gasteiger charge is 2.08. The van der Waals surface area contributed by atoms with Crippen molar-refractivity contribution in [1.82, 2.24) is 16.2 Å². The summed E-state index contributed by atoms with van der Waals surface area (Å²) in [5.41, 5.74) is 5.85. The number of ether oxygens (including phenoxy) is 1. The van der Waals surface area contributed by atoms with Crippen molar-refractivity contribution in [1.29, 1.82) is 0 Å². The molecule has 0 atom stereocenters. The molecule has 142 valence electrons. The zero-order valence-electron chi connectivity index (χ0n) is 14.1. The third-order valence-electron chi connectivity index (χ3n) is 3.30. The molecule has 0 saturated heterocycles. The Morgan fingerprint density at radius 2 is 1.81 bits per heavy atom. The number of hydrogen-bond acceptors (Lipinski definition) is 4. The van der Waals surface area contributed by atoms with Crippen LogP contribution in [0, 0.1) is 0 Å². The van der Waals surface area contributed by atoms with Crippen molar-refractivity contribution in [3.8, 4) is 5.75 Å². The summed E-state index contributed by atoms with van der Waals surface area (Å²) < 4.78 is 6.12. The predicted molar refractivity (Wildman–Crippen MR) is 111 cm³/mol. The molecule has 0 spiro atoms. The van der Waals surface area contributed by atoms with Crippen molar-refractivity contribution >= 4 is 56.7 Å². The van der Waals surface area contributed by atoms with Crippen molar-refractivity contribution in [2.24, 2.45) is 0 Å². The molecule has 6 nitrogen and oxygen atoms in total. The van der Waals surface area contributed by atoms with Gasteiger partial charge >= 0.3 is 0 Å². The molecule has 2 aromatic rings. The molecule has 3 N–H and O–H groups in total. The van der Waals surface area contributed by atoms with Crippen molar-refractivity contribution in [2.45, 2.75) is 12.8 Å². The van der Waals surface area contributed by atoms with Crippen LogP contribution in [0.1, 0.15) is 12.0 Å². The van der Waals surface area contributed by atoms with E-state index in [4.69, 9.17) is 28.6 Å². The number of amides is 2. The molecule has 0 radical (unpaired) electrons. The normalized spacial score (nSPS) is 10.0. The lowest BCUT2D eigenvalue weighted by molar-refractivity contribution is -0.124. The first-order valence-corrected chi connectivity index (χ1v) is 9.52. The van der Waals surface area contributed by atoms with Gasteiger partial charge in [-0.1, -0.05) is 57.9 Å². The van der Waals surface area contributed by atoms with E-state index in [2.05, 4.69) is 32.1 Å². The lowest BCUT2D eigenvalue weighted by atomic mass is 10.1. The van der Waals surface area contributed by atoms with E-state index < -0.39 is 5.91 Å². The van der Waals surface area contributed by atoms with E-state index in [1.807, 2.05) is 30.3 Å². The standard InChI is InChI=1S/C18H17BrClN3O3S/c19-13-7-8-15(14(20)10-13)26-11-17(25)22-23-18(27)21-16(24)9-6-12-4-2-1-3-5-12/h1-5,7-8,10H,6,9,11H2,(H,22,25)(H2,21,23,24,27). The van der Waals surface area contributed by atoms with Gasteiger partial charge < -0.3 is 10.1 Å². The molecule has 0 fully saturated rings. The Hall–Kier alpha value is -2.16. The summed E-state index contributed by atoms with van der Waals surface area (Å²) in [5, 5.41) is 2.88. The first-order valence-electron chi connectivity index (χ1n) is 7.94. The Bertz CT molecular complexity index is 821. The minimum absolute atomic E-state index is 0.00286. The van der Waals surface area contributed by atoms with Crippen LogP contribution in [0.15, 0.2) is 53.0 Å². The van der Waals surface area contributed by atoms with Crippen LogP contribution in [0.4, 0.5) is 0 Å². The molecule has 0 bridgehead atoms. The minimum atomic E-state index is -0.477. The largest absolute Gasteiger partial charge is 0.482 e. The minimum Gasteiger partial charge on any atom is -0.482 e. The molecule has 0 heterocycles. The van der Waals surface area contributed by atoms with Crippen LogP contribution >= 0.6 is 39.7 Å². The Kier molecular flexibility index (Phi) is 8.50. The van der Waals surface area contributed by atoms with E-state index in [0.717, 1.165) is 10.0 Å². The fourth-order valence-corrected chi connectivity index (χ4v) is 2.91. The molecular formula is C18H17BrClN3O3S. The molecule has 0 aliphatic rings. The summed E-state index contributed by atoms with van der Waals surface area (Å²) in [4.78, 5) is 23.6. The van der Waals surface area contributed by atoms with Crippen LogP contribution in [0.5, 0.6) is 5.75 Å². The molecular weight excluding hydrogens is 454 g/mol. The van der Waals surface area contributed by atoms with Gasteiger partial charge in [-0.2, -0.15) is 0 Å². The number of hydrazine groups is 1. The zero-order chi connectivity index (χ0) is 19.6. The highest BCUT2D eigenvalue weighted by molar-refractivity contribution is 9.10. The zero-order valence-corrected chi connectivity index (χ0v) is 17.3. The smallest absolute Gasteiger partial charge is 0.276 e. The molecule has 0 aliphatic carbocycles. The lowest BCUT2D eigenvalue weighted by Crippen LogP contribution is -2.49. The summed E-state index contributed by atoms with van der Waals surface area (Å²) in [6, 6.07) is 14.7. The number of rotatable bonds is 6. The second kappa shape index (κ2) is 10.9. The maximum Gasteiger partial charge on any atom is 0.276 e. The molecule has 2 rings (SSSR count). The second-order valence-electron chi connectivity index (χ2n) is 5.40. The average Bonchev–Trinajstić information content (AvgIpc) is 2.65. The Labute approximate surface area is 175 Å². The fraction of sp³-hybridized carbons (Fsp3) is 0.167. The van der Waals surface area contributed by atoms with Gasteiger partial charge in [0.15, 0.2) is 11.7 Å². The molecule has 27 heavy (non-hydrogen) atoms. The third kappa shape index (κ3) is 7.94. The molecule has 9 heteroatoms. The van der Waals surface area contributed by atoms with E-state index in [-0.39, 0.29) is 24.0 Å². The Morgan fingerprint density at radius 1 is 1.07 bits per heavy atom. The van der Waals surface area contributed by atoms with Crippen molar-refractivity contribution in [2.75, 3.05) is 6.61 Å². The summed E-state index contributed by atoms with van der Waals surface area (Å²) in [6.45, 7) is -0.265. The van der Waals surface area contributed by atoms with Crippen LogP contribution in [-0.4, -0.2) is 23.5 Å². The molecule has 2 amide bonds. The van der Waals surface area contributed by atoms with E-state index in [1.165, 1.54) is 0 Å². The number of hydrogen-bond donors (Lipinski definition) is 3. The number of halogens is 2. The number of nitrogens with one attached hydrogen (secondary N) is 3. The van der Waals surface area contributed by atoms with E-state index in [1.54, 1.807) is 18.2 Å². The summed E-state index contributed by atoms with van der Waals surface area (Å²) in [5.74, 6) is -0.342. The summed E-state index contributed by atoms with van der Waals surface area (Å²) >= 11 is 14.3. The highest BCUT2D eigenvalue weighted by atomic mass is 79.9. The lowest BCUT2D eigenvalue weighted by Gasteiger charge is -2.12. The van der Waals surface area contributed by atoms with Gasteiger partial charge in [0, 0.05) is 10.9 Å². The summed E-state index contributed by atoms with van der Waals surface area (Å²) in [7, 11) is 0. The quantitative estimate of drug-likeness (QED) is 0.446. The SMILES string of the molecule is O=C(COc1ccc(Br)cc1Cl)NNC(=S)NC(=O)CCc1ccccc1. The topological polar surface area (TPSA) is 79.5 Å². The number of benzene rings is 2. The molecule has 0 unspecified atom stereocenters. The molecule has 2 aromatic carbocycles. The van der Waals surface area contributed by atoms with Crippen LogP contribution in [0.3, 0.4) is 0 Å². The van der Waals surface area contributed by atoms with Crippen molar-refractivity contribution in [3.63, 3.8) is 0 Å². The highest BCUT2D eigenvalue weighted by Crippen LogP contribution is 2.27. The van der Waals surface area contributed by atoms with Gasteiger partial charge in [-0.25, -0.2) is 0 Å². The van der Waals surface area contributed by atoms with Gasteiger partial charge in [0.05, 0.1) is 5.02 Å². The van der Waals surface area contributed by atoms with Gasteiger partial charge in [-0.3, -0.25) is 20.4 Å². The maximum atomic E-state index is 11.9. The van der Waals surface area contributed by atoms with Crippen LogP contribution in [-0.2, 0) is 16.0 Å². The number of thiocarbonyl (C=S) groups is 1. The van der Waals surface area contributed by atoms with Crippen LogP contribution in [0.25, 0.3) is 0 Å². The van der Waals surface area contributed by atoms with Gasteiger partial charge in [0.1, 0.15) is 5.75 Å². The van der Waals surface area contributed by atoms with E-state index in [0.29, 0.717) is 17.2 Å². The van der Waals surface area contributed by atoms with Crippen LogP contribution in [0.2, 0.25) is 5.02 Å². The van der Waals surface area contributed by atoms with Crippen molar-refractivity contribution < 1.29 is 14.3 Å². The molecule has 0 aliphatic heterocycles. The molecule has 0 saturated carbocycles. The summed E-state index contributed by atoms with van der Waals surface area (Å²) in [6.07, 6.45) is 0.883. The second-order valence-corrected chi connectivity index (χ2v) is 7.13. The Morgan fingerprint density at radius 3 is 2.52 bits per heavy atom. The van der Waals surface area contributed by atoms with E-state index in [9.17, 15) is 9.59 Å². The van der Waals surface area contributed by atoms with Gasteiger partial charge in [-0.15, -0.1) is 0 Å². The first kappa shape index (κ1) is 21.1. The first-order chi connectivity index (χ1) is 12.9. The predicted octanol–water partition coefficient (Wildman–Crippen LogP) is 3.14. The number of aryl methyl sites for hydroxylation is 1. The Balaban J connectivity index is 1.65. The van der Waals surface area contributed by atoms with E-state index >= 15 is 0 Å².